The number of alkyl carbamates (subject to hydrolysis) is 1. The summed E-state index contributed by atoms with van der Waals surface area (Å²) in [6, 6.07) is 18.6. The van der Waals surface area contributed by atoms with Crippen LogP contribution >= 0.6 is 0 Å². The van der Waals surface area contributed by atoms with Crippen LogP contribution in [0.2, 0.25) is 0 Å². The van der Waals surface area contributed by atoms with Crippen molar-refractivity contribution in [1.82, 2.24) is 10.6 Å². The molecule has 128 valence electrons. The maximum absolute atomic E-state index is 12.2. The highest BCUT2D eigenvalue weighted by atomic mass is 16.5. The zero-order chi connectivity index (χ0) is 17.5. The van der Waals surface area contributed by atoms with E-state index in [1.165, 1.54) is 0 Å². The fourth-order valence-corrected chi connectivity index (χ4v) is 2.65. The summed E-state index contributed by atoms with van der Waals surface area (Å²) in [6.45, 7) is 0.617. The molecule has 2 aromatic carbocycles. The molecule has 1 unspecified atom stereocenters. The van der Waals surface area contributed by atoms with E-state index in [0.29, 0.717) is 13.0 Å². The fourth-order valence-electron chi connectivity index (χ4n) is 2.65. The van der Waals surface area contributed by atoms with Gasteiger partial charge in [0.1, 0.15) is 12.6 Å². The standard InChI is InChI=1S/C20H20N2O3/c23-19-18(22-20(24)25-14-15-7-3-1-4-8-15)12-11-17(13-21-19)16-9-5-2-6-10-16/h1-11,18H,12-14H2,(H,21,23)(H,22,24). The number of hydrogen-bond donors (Lipinski definition) is 2. The second-order valence-corrected chi connectivity index (χ2v) is 5.81. The summed E-state index contributed by atoms with van der Waals surface area (Å²) >= 11 is 0. The van der Waals surface area contributed by atoms with E-state index in [0.717, 1.165) is 16.7 Å². The van der Waals surface area contributed by atoms with Crippen molar-refractivity contribution in [2.75, 3.05) is 6.54 Å². The van der Waals surface area contributed by atoms with Crippen molar-refractivity contribution in [2.45, 2.75) is 19.1 Å². The van der Waals surface area contributed by atoms with E-state index in [4.69, 9.17) is 4.74 Å². The molecule has 2 N–H and O–H groups in total. The van der Waals surface area contributed by atoms with Gasteiger partial charge in [-0.25, -0.2) is 4.79 Å². The van der Waals surface area contributed by atoms with Crippen LogP contribution in [0.25, 0.3) is 5.57 Å². The van der Waals surface area contributed by atoms with Gasteiger partial charge < -0.3 is 15.4 Å². The second-order valence-electron chi connectivity index (χ2n) is 5.81. The monoisotopic (exact) mass is 336 g/mol. The molecule has 1 atom stereocenters. The van der Waals surface area contributed by atoms with E-state index >= 15 is 0 Å². The molecule has 5 heteroatoms. The number of amides is 2. The van der Waals surface area contributed by atoms with Crippen LogP contribution in [0.5, 0.6) is 0 Å². The molecule has 2 amide bonds. The van der Waals surface area contributed by atoms with Crippen LogP contribution in [0.3, 0.4) is 0 Å². The Balaban J connectivity index is 1.57. The summed E-state index contributed by atoms with van der Waals surface area (Å²) in [7, 11) is 0. The number of benzene rings is 2. The van der Waals surface area contributed by atoms with Crippen LogP contribution in [0, 0.1) is 0 Å². The van der Waals surface area contributed by atoms with Crippen LogP contribution in [0.15, 0.2) is 66.7 Å². The van der Waals surface area contributed by atoms with E-state index in [2.05, 4.69) is 10.6 Å². The molecule has 1 heterocycles. The van der Waals surface area contributed by atoms with E-state index in [1.54, 1.807) is 0 Å². The van der Waals surface area contributed by atoms with Crippen molar-refractivity contribution >= 4 is 17.6 Å². The predicted octanol–water partition coefficient (Wildman–Crippen LogP) is 2.88. The van der Waals surface area contributed by atoms with Gasteiger partial charge in [-0.1, -0.05) is 66.7 Å². The Labute approximate surface area is 146 Å². The quantitative estimate of drug-likeness (QED) is 0.902. The zero-order valence-electron chi connectivity index (χ0n) is 13.8. The zero-order valence-corrected chi connectivity index (χ0v) is 13.8. The number of nitrogens with one attached hydrogen (secondary N) is 2. The van der Waals surface area contributed by atoms with Gasteiger partial charge in [0.25, 0.3) is 0 Å². The third-order valence-electron chi connectivity index (χ3n) is 4.02. The van der Waals surface area contributed by atoms with E-state index in [-0.39, 0.29) is 12.5 Å². The minimum Gasteiger partial charge on any atom is -0.445 e. The lowest BCUT2D eigenvalue weighted by atomic mass is 10.0. The number of ether oxygens (including phenoxy) is 1. The number of hydrogen-bond acceptors (Lipinski definition) is 3. The van der Waals surface area contributed by atoms with Gasteiger partial charge >= 0.3 is 6.09 Å². The highest BCUT2D eigenvalue weighted by Crippen LogP contribution is 2.17. The van der Waals surface area contributed by atoms with E-state index in [1.807, 2.05) is 66.7 Å². The van der Waals surface area contributed by atoms with Crippen molar-refractivity contribution < 1.29 is 14.3 Å². The average molecular weight is 336 g/mol. The summed E-state index contributed by atoms with van der Waals surface area (Å²) in [6.07, 6.45) is 1.81. The lowest BCUT2D eigenvalue weighted by Crippen LogP contribution is -2.45. The first-order chi connectivity index (χ1) is 12.2. The normalized spacial score (nSPS) is 17.0. The molecule has 0 saturated heterocycles. The Hall–Kier alpha value is -3.08. The molecule has 1 aliphatic heterocycles. The van der Waals surface area contributed by atoms with Gasteiger partial charge in [-0.15, -0.1) is 0 Å². The van der Waals surface area contributed by atoms with E-state index in [9.17, 15) is 9.59 Å². The minimum absolute atomic E-state index is 0.173. The molecule has 0 spiro atoms. The Morgan fingerprint density at radius 3 is 2.48 bits per heavy atom. The summed E-state index contributed by atoms with van der Waals surface area (Å²) < 4.78 is 5.18. The molecule has 0 aliphatic carbocycles. The van der Waals surface area contributed by atoms with Gasteiger partial charge in [-0.3, -0.25) is 4.79 Å². The average Bonchev–Trinajstić information content (AvgIpc) is 2.84. The van der Waals surface area contributed by atoms with Gasteiger partial charge in [0.2, 0.25) is 5.91 Å². The highest BCUT2D eigenvalue weighted by Gasteiger charge is 2.23. The van der Waals surface area contributed by atoms with Gasteiger partial charge in [0, 0.05) is 6.54 Å². The van der Waals surface area contributed by atoms with Crippen molar-refractivity contribution in [3.05, 3.63) is 77.9 Å². The van der Waals surface area contributed by atoms with Crippen LogP contribution in [-0.2, 0) is 16.1 Å². The minimum atomic E-state index is -0.635. The molecular formula is C20H20N2O3. The Morgan fingerprint density at radius 2 is 1.76 bits per heavy atom. The van der Waals surface area contributed by atoms with Crippen LogP contribution in [0.1, 0.15) is 17.5 Å². The molecule has 25 heavy (non-hydrogen) atoms. The summed E-state index contributed by atoms with van der Waals surface area (Å²) in [4.78, 5) is 24.1. The Bertz CT molecular complexity index is 757. The molecule has 0 radical (unpaired) electrons. The maximum Gasteiger partial charge on any atom is 0.408 e. The van der Waals surface area contributed by atoms with Gasteiger partial charge in [0.05, 0.1) is 0 Å². The smallest absolute Gasteiger partial charge is 0.408 e. The molecule has 5 nitrogen and oxygen atoms in total. The van der Waals surface area contributed by atoms with Crippen molar-refractivity contribution in [1.29, 1.82) is 0 Å². The predicted molar refractivity (Wildman–Crippen MR) is 95.6 cm³/mol. The maximum atomic E-state index is 12.2. The lowest BCUT2D eigenvalue weighted by molar-refractivity contribution is -0.122. The van der Waals surface area contributed by atoms with Crippen LogP contribution < -0.4 is 10.6 Å². The molecule has 0 bridgehead atoms. The van der Waals surface area contributed by atoms with Crippen molar-refractivity contribution in [2.24, 2.45) is 0 Å². The molecule has 1 aliphatic rings. The third kappa shape index (κ3) is 4.70. The topological polar surface area (TPSA) is 67.4 Å². The summed E-state index contributed by atoms with van der Waals surface area (Å²) in [5.74, 6) is -0.209. The van der Waals surface area contributed by atoms with Gasteiger partial charge in [-0.2, -0.15) is 0 Å². The molecule has 0 saturated carbocycles. The van der Waals surface area contributed by atoms with Crippen LogP contribution in [0.4, 0.5) is 4.79 Å². The molecule has 0 fully saturated rings. The third-order valence-corrected chi connectivity index (χ3v) is 4.02. The first kappa shape index (κ1) is 16.8. The van der Waals surface area contributed by atoms with Crippen LogP contribution in [-0.4, -0.2) is 24.6 Å². The summed E-state index contributed by atoms with van der Waals surface area (Å²) in [5, 5.41) is 5.48. The van der Waals surface area contributed by atoms with Crippen molar-refractivity contribution in [3.8, 4) is 0 Å². The lowest BCUT2D eigenvalue weighted by Gasteiger charge is -2.14. The van der Waals surface area contributed by atoms with Crippen molar-refractivity contribution in [3.63, 3.8) is 0 Å². The molecule has 0 aromatic heterocycles. The Morgan fingerprint density at radius 1 is 1.08 bits per heavy atom. The van der Waals surface area contributed by atoms with Gasteiger partial charge in [-0.05, 0) is 23.1 Å². The molecule has 3 rings (SSSR count). The second kappa shape index (κ2) is 8.15. The molecule has 2 aromatic rings. The molecular weight excluding hydrogens is 316 g/mol. The number of carbonyl (C=O) groups excluding carboxylic acids is 2. The number of rotatable bonds is 4. The first-order valence-electron chi connectivity index (χ1n) is 8.22. The first-order valence-corrected chi connectivity index (χ1v) is 8.22. The SMILES string of the molecule is O=C(NC1CC=C(c2ccccc2)CNC1=O)OCc1ccccc1. The highest BCUT2D eigenvalue weighted by molar-refractivity contribution is 5.88. The van der Waals surface area contributed by atoms with E-state index < -0.39 is 12.1 Å². The number of carbonyl (C=O) groups is 2. The summed E-state index contributed by atoms with van der Waals surface area (Å²) in [5.41, 5.74) is 3.00. The Kier molecular flexibility index (Phi) is 5.46. The van der Waals surface area contributed by atoms with Gasteiger partial charge in [0.15, 0.2) is 0 Å². The fraction of sp³-hybridized carbons (Fsp3) is 0.200. The largest absolute Gasteiger partial charge is 0.445 e.